The number of rotatable bonds is 4. The van der Waals surface area contributed by atoms with E-state index in [4.69, 9.17) is 9.31 Å². The molecule has 0 saturated carbocycles. The topological polar surface area (TPSA) is 72.1 Å². The number of H-pyrrole nitrogens is 1. The van der Waals surface area contributed by atoms with E-state index >= 15 is 0 Å². The smallest absolute Gasteiger partial charge is 0.400 e. The molecule has 0 unspecified atom stereocenters. The van der Waals surface area contributed by atoms with Crippen LogP contribution in [-0.2, 0) is 9.31 Å². The maximum absolute atomic E-state index is 6.03. The van der Waals surface area contributed by atoms with E-state index in [1.165, 1.54) is 6.33 Å². The minimum absolute atomic E-state index is 0.341. The Bertz CT molecular complexity index is 440. The van der Waals surface area contributed by atoms with Crippen LogP contribution in [0.4, 0.5) is 0 Å². The van der Waals surface area contributed by atoms with Crippen LogP contribution in [0.1, 0.15) is 33.5 Å². The summed E-state index contributed by atoms with van der Waals surface area (Å²) in [4.78, 5) is 4.10. The van der Waals surface area contributed by atoms with Gasteiger partial charge in [0, 0.05) is 6.54 Å². The lowest BCUT2D eigenvalue weighted by molar-refractivity contribution is 0.00578. The van der Waals surface area contributed by atoms with Crippen molar-refractivity contribution in [3.05, 3.63) is 17.6 Å². The predicted molar refractivity (Wildman–Crippen MR) is 74.4 cm³/mol. The van der Waals surface area contributed by atoms with Gasteiger partial charge in [0.2, 0.25) is 0 Å². The van der Waals surface area contributed by atoms with Gasteiger partial charge in [-0.1, -0.05) is 0 Å². The molecule has 19 heavy (non-hydrogen) atoms. The molecule has 1 aliphatic heterocycles. The molecule has 1 fully saturated rings. The minimum Gasteiger partial charge on any atom is -0.400 e. The summed E-state index contributed by atoms with van der Waals surface area (Å²) in [6.45, 7) is 8.82. The molecule has 0 radical (unpaired) electrons. The molecular weight excluding hydrogens is 243 g/mol. The predicted octanol–water partition coefficient (Wildman–Crippen LogP) is 1.04. The molecule has 2 N–H and O–H groups in total. The third-order valence-corrected chi connectivity index (χ3v) is 3.69. The Labute approximate surface area is 114 Å². The number of hydrogen-bond donors (Lipinski definition) is 2. The Morgan fingerprint density at radius 1 is 1.37 bits per heavy atom. The van der Waals surface area contributed by atoms with Gasteiger partial charge < -0.3 is 14.6 Å². The van der Waals surface area contributed by atoms with Gasteiger partial charge in [0.15, 0.2) is 0 Å². The molecule has 104 valence electrons. The highest BCUT2D eigenvalue weighted by Crippen LogP contribution is 2.38. The van der Waals surface area contributed by atoms with Crippen molar-refractivity contribution in [2.24, 2.45) is 0 Å². The SMILES string of the molecule is CNCC(=Cc1ncn[nH]1)B1OC(C)(C)C(C)(C)O1. The molecular formula is C12H21BN4O2. The fourth-order valence-electron chi connectivity index (χ4n) is 1.86. The van der Waals surface area contributed by atoms with Crippen molar-refractivity contribution in [3.8, 4) is 0 Å². The number of nitrogens with one attached hydrogen (secondary N) is 2. The van der Waals surface area contributed by atoms with Crippen molar-refractivity contribution in [1.29, 1.82) is 0 Å². The van der Waals surface area contributed by atoms with Crippen LogP contribution in [0.15, 0.2) is 11.8 Å². The fraction of sp³-hybridized carbons (Fsp3) is 0.667. The van der Waals surface area contributed by atoms with E-state index in [-0.39, 0.29) is 18.3 Å². The molecule has 1 aromatic heterocycles. The molecule has 1 saturated heterocycles. The lowest BCUT2D eigenvalue weighted by atomic mass is 9.77. The van der Waals surface area contributed by atoms with Crippen LogP contribution in [0.2, 0.25) is 0 Å². The van der Waals surface area contributed by atoms with Gasteiger partial charge in [-0.25, -0.2) is 4.98 Å². The first-order valence-electron chi connectivity index (χ1n) is 6.42. The largest absolute Gasteiger partial charge is 0.492 e. The zero-order valence-corrected chi connectivity index (χ0v) is 12.2. The summed E-state index contributed by atoms with van der Waals surface area (Å²) in [6.07, 6.45) is 3.39. The molecule has 2 rings (SSSR count). The molecule has 6 nitrogen and oxygen atoms in total. The molecule has 0 bridgehead atoms. The monoisotopic (exact) mass is 264 g/mol. The van der Waals surface area contributed by atoms with Crippen LogP contribution >= 0.6 is 0 Å². The number of aromatic amines is 1. The Balaban J connectivity index is 2.23. The Hall–Kier alpha value is -1.18. The van der Waals surface area contributed by atoms with Crippen LogP contribution in [-0.4, -0.2) is 47.1 Å². The van der Waals surface area contributed by atoms with Crippen LogP contribution in [0.5, 0.6) is 0 Å². The number of hydrogen-bond acceptors (Lipinski definition) is 5. The van der Waals surface area contributed by atoms with Crippen molar-refractivity contribution in [3.63, 3.8) is 0 Å². The summed E-state index contributed by atoms with van der Waals surface area (Å²) in [5.74, 6) is 0.694. The zero-order chi connectivity index (χ0) is 14.1. The maximum Gasteiger partial charge on any atom is 0.492 e. The third kappa shape index (κ3) is 2.88. The molecule has 0 amide bonds. The van der Waals surface area contributed by atoms with Crippen LogP contribution in [0.25, 0.3) is 6.08 Å². The molecule has 0 spiro atoms. The quantitative estimate of drug-likeness (QED) is 0.795. The van der Waals surface area contributed by atoms with Crippen LogP contribution < -0.4 is 5.32 Å². The first-order valence-corrected chi connectivity index (χ1v) is 6.42. The Morgan fingerprint density at radius 2 is 2.00 bits per heavy atom. The van der Waals surface area contributed by atoms with E-state index in [1.807, 2.05) is 40.8 Å². The molecule has 1 aliphatic rings. The van der Waals surface area contributed by atoms with Crippen molar-refractivity contribution in [1.82, 2.24) is 20.5 Å². The Morgan fingerprint density at radius 3 is 2.47 bits per heavy atom. The first-order chi connectivity index (χ1) is 8.86. The van der Waals surface area contributed by atoms with E-state index in [1.54, 1.807) is 0 Å². The van der Waals surface area contributed by atoms with E-state index in [0.29, 0.717) is 12.4 Å². The van der Waals surface area contributed by atoms with Gasteiger partial charge in [0.25, 0.3) is 0 Å². The van der Waals surface area contributed by atoms with Crippen LogP contribution in [0.3, 0.4) is 0 Å². The van der Waals surface area contributed by atoms with E-state index in [2.05, 4.69) is 20.5 Å². The van der Waals surface area contributed by atoms with Gasteiger partial charge >= 0.3 is 7.12 Å². The van der Waals surface area contributed by atoms with E-state index in [9.17, 15) is 0 Å². The highest BCUT2D eigenvalue weighted by molar-refractivity contribution is 6.55. The van der Waals surface area contributed by atoms with Gasteiger partial charge in [-0.3, -0.25) is 5.10 Å². The lowest BCUT2D eigenvalue weighted by Gasteiger charge is -2.32. The van der Waals surface area contributed by atoms with Crippen molar-refractivity contribution >= 4 is 13.2 Å². The van der Waals surface area contributed by atoms with Crippen LogP contribution in [0, 0.1) is 0 Å². The third-order valence-electron chi connectivity index (χ3n) is 3.69. The van der Waals surface area contributed by atoms with Gasteiger partial charge in [-0.2, -0.15) is 5.10 Å². The summed E-state index contributed by atoms with van der Waals surface area (Å²) in [6, 6.07) is 0. The first kappa shape index (κ1) is 14.2. The molecule has 1 aromatic rings. The van der Waals surface area contributed by atoms with Crippen molar-refractivity contribution in [2.45, 2.75) is 38.9 Å². The molecule has 2 heterocycles. The zero-order valence-electron chi connectivity index (χ0n) is 12.2. The minimum atomic E-state index is -0.373. The second-order valence-corrected chi connectivity index (χ2v) is 5.71. The van der Waals surface area contributed by atoms with Gasteiger partial charge in [-0.05, 0) is 46.3 Å². The highest BCUT2D eigenvalue weighted by atomic mass is 16.7. The summed E-state index contributed by atoms with van der Waals surface area (Å²) in [7, 11) is 1.52. The lowest BCUT2D eigenvalue weighted by Crippen LogP contribution is -2.41. The van der Waals surface area contributed by atoms with E-state index in [0.717, 1.165) is 5.47 Å². The number of aromatic nitrogens is 3. The van der Waals surface area contributed by atoms with Crippen molar-refractivity contribution < 1.29 is 9.31 Å². The molecule has 0 aliphatic carbocycles. The van der Waals surface area contributed by atoms with Gasteiger partial charge in [-0.15, -0.1) is 0 Å². The second kappa shape index (κ2) is 5.07. The second-order valence-electron chi connectivity index (χ2n) is 5.71. The normalized spacial score (nSPS) is 21.9. The number of likely N-dealkylation sites (N-methyl/N-ethyl adjacent to an activating group) is 1. The maximum atomic E-state index is 6.03. The van der Waals surface area contributed by atoms with Gasteiger partial charge in [0.05, 0.1) is 11.2 Å². The summed E-state index contributed by atoms with van der Waals surface area (Å²) in [5, 5.41) is 9.77. The number of nitrogens with zero attached hydrogens (tertiary/aromatic N) is 2. The summed E-state index contributed by atoms with van der Waals surface area (Å²) in [5.41, 5.74) is 0.301. The molecule has 7 heteroatoms. The molecule has 0 atom stereocenters. The fourth-order valence-corrected chi connectivity index (χ4v) is 1.86. The average Bonchev–Trinajstić information content (AvgIpc) is 2.85. The molecule has 0 aromatic carbocycles. The van der Waals surface area contributed by atoms with E-state index < -0.39 is 0 Å². The standard InChI is InChI=1S/C12H21BN4O2/c1-11(2)12(3,4)19-13(18-11)9(7-14-5)6-10-15-8-16-17-10/h6,8,14H,7H2,1-5H3,(H,15,16,17). The summed E-state index contributed by atoms with van der Waals surface area (Å²) < 4.78 is 12.1. The van der Waals surface area contributed by atoms with Crippen molar-refractivity contribution in [2.75, 3.05) is 13.6 Å². The average molecular weight is 264 g/mol. The van der Waals surface area contributed by atoms with Gasteiger partial charge in [0.1, 0.15) is 12.2 Å². The Kier molecular flexibility index (Phi) is 3.80. The highest BCUT2D eigenvalue weighted by Gasteiger charge is 2.52. The summed E-state index contributed by atoms with van der Waals surface area (Å²) >= 11 is 0.